The minimum absolute atomic E-state index is 0.0568. The van der Waals surface area contributed by atoms with Crippen LogP contribution >= 0.6 is 11.8 Å². The van der Waals surface area contributed by atoms with E-state index in [1.54, 1.807) is 11.8 Å². The molecule has 0 spiro atoms. The van der Waals surface area contributed by atoms with Crippen LogP contribution in [-0.4, -0.2) is 29.9 Å². The van der Waals surface area contributed by atoms with Crippen LogP contribution in [0.15, 0.2) is 23.1 Å². The molecule has 5 nitrogen and oxygen atoms in total. The number of carboxylic acid groups (broad SMARTS) is 1. The van der Waals surface area contributed by atoms with E-state index in [0.717, 1.165) is 16.1 Å². The zero-order valence-corrected chi connectivity index (χ0v) is 11.8. The summed E-state index contributed by atoms with van der Waals surface area (Å²) in [5.74, 6) is -0.856. The number of amides is 2. The summed E-state index contributed by atoms with van der Waals surface area (Å²) in [5, 5.41) is 13.9. The SMILES string of the molecule is CSc1cccc(NC(=O)NCCCC(=O)O)c1C. The number of urea groups is 1. The monoisotopic (exact) mass is 282 g/mol. The van der Waals surface area contributed by atoms with Crippen LogP contribution in [0.4, 0.5) is 10.5 Å². The molecule has 104 valence electrons. The maximum absolute atomic E-state index is 11.6. The lowest BCUT2D eigenvalue weighted by molar-refractivity contribution is -0.137. The summed E-state index contributed by atoms with van der Waals surface area (Å²) < 4.78 is 0. The number of hydrogen-bond donors (Lipinski definition) is 3. The summed E-state index contributed by atoms with van der Waals surface area (Å²) in [4.78, 5) is 23.1. The zero-order valence-electron chi connectivity index (χ0n) is 11.0. The second-order valence-corrected chi connectivity index (χ2v) is 4.86. The minimum Gasteiger partial charge on any atom is -0.481 e. The van der Waals surface area contributed by atoms with Crippen molar-refractivity contribution < 1.29 is 14.7 Å². The van der Waals surface area contributed by atoms with Gasteiger partial charge in [0, 0.05) is 23.5 Å². The van der Waals surface area contributed by atoms with Crippen LogP contribution in [0.2, 0.25) is 0 Å². The van der Waals surface area contributed by atoms with Crippen molar-refractivity contribution in [2.24, 2.45) is 0 Å². The first-order chi connectivity index (χ1) is 9.04. The van der Waals surface area contributed by atoms with E-state index in [9.17, 15) is 9.59 Å². The molecule has 0 aliphatic heterocycles. The van der Waals surface area contributed by atoms with Crippen molar-refractivity contribution in [1.29, 1.82) is 0 Å². The Bertz CT molecular complexity index is 463. The highest BCUT2D eigenvalue weighted by molar-refractivity contribution is 7.98. The Morgan fingerprint density at radius 1 is 1.37 bits per heavy atom. The van der Waals surface area contributed by atoms with E-state index in [1.807, 2.05) is 31.4 Å². The topological polar surface area (TPSA) is 78.4 Å². The third-order valence-corrected chi connectivity index (χ3v) is 3.49. The molecule has 0 aliphatic carbocycles. The Morgan fingerprint density at radius 2 is 2.11 bits per heavy atom. The van der Waals surface area contributed by atoms with Gasteiger partial charge < -0.3 is 15.7 Å². The number of carbonyl (C=O) groups is 2. The van der Waals surface area contributed by atoms with Crippen molar-refractivity contribution in [2.45, 2.75) is 24.7 Å². The lowest BCUT2D eigenvalue weighted by Crippen LogP contribution is -2.30. The van der Waals surface area contributed by atoms with E-state index in [0.29, 0.717) is 13.0 Å². The van der Waals surface area contributed by atoms with E-state index >= 15 is 0 Å². The summed E-state index contributed by atoms with van der Waals surface area (Å²) >= 11 is 1.62. The molecule has 0 bridgehead atoms. The second kappa shape index (κ2) is 7.68. The Balaban J connectivity index is 2.46. The molecule has 3 N–H and O–H groups in total. The highest BCUT2D eigenvalue weighted by atomic mass is 32.2. The fourth-order valence-corrected chi connectivity index (χ4v) is 2.21. The normalized spacial score (nSPS) is 10.0. The molecule has 0 aliphatic rings. The Kier molecular flexibility index (Phi) is 6.21. The molecule has 19 heavy (non-hydrogen) atoms. The van der Waals surface area contributed by atoms with Crippen molar-refractivity contribution in [2.75, 3.05) is 18.1 Å². The van der Waals surface area contributed by atoms with Gasteiger partial charge in [-0.1, -0.05) is 6.07 Å². The molecule has 1 aromatic rings. The van der Waals surface area contributed by atoms with Crippen LogP contribution in [0.25, 0.3) is 0 Å². The smallest absolute Gasteiger partial charge is 0.319 e. The molecule has 0 saturated heterocycles. The molecule has 0 aromatic heterocycles. The molecule has 0 unspecified atom stereocenters. The van der Waals surface area contributed by atoms with Crippen LogP contribution in [-0.2, 0) is 4.79 Å². The number of aliphatic carboxylic acids is 1. The summed E-state index contributed by atoms with van der Waals surface area (Å²) in [7, 11) is 0. The first kappa shape index (κ1) is 15.4. The lowest BCUT2D eigenvalue weighted by Gasteiger charge is -2.11. The molecule has 1 aromatic carbocycles. The number of carbonyl (C=O) groups excluding carboxylic acids is 1. The van der Waals surface area contributed by atoms with Crippen molar-refractivity contribution in [3.05, 3.63) is 23.8 Å². The maximum Gasteiger partial charge on any atom is 0.319 e. The molecular weight excluding hydrogens is 264 g/mol. The first-order valence-corrected chi connectivity index (χ1v) is 7.17. The summed E-state index contributed by atoms with van der Waals surface area (Å²) in [5.41, 5.74) is 1.79. The largest absolute Gasteiger partial charge is 0.481 e. The van der Waals surface area contributed by atoms with E-state index in [1.165, 1.54) is 0 Å². The number of carboxylic acids is 1. The van der Waals surface area contributed by atoms with Crippen LogP contribution in [0.3, 0.4) is 0 Å². The minimum atomic E-state index is -0.856. The average molecular weight is 282 g/mol. The van der Waals surface area contributed by atoms with E-state index < -0.39 is 5.97 Å². The van der Waals surface area contributed by atoms with Gasteiger partial charge in [-0.25, -0.2) is 4.79 Å². The molecule has 0 heterocycles. The molecule has 6 heteroatoms. The van der Waals surface area contributed by atoms with Gasteiger partial charge in [0.1, 0.15) is 0 Å². The number of anilines is 1. The summed E-state index contributed by atoms with van der Waals surface area (Å²) in [6.07, 6.45) is 2.46. The third-order valence-electron chi connectivity index (χ3n) is 2.61. The van der Waals surface area contributed by atoms with E-state index in [2.05, 4.69) is 10.6 Å². The maximum atomic E-state index is 11.6. The van der Waals surface area contributed by atoms with Crippen molar-refractivity contribution in [1.82, 2.24) is 5.32 Å². The van der Waals surface area contributed by atoms with Gasteiger partial charge in [-0.15, -0.1) is 11.8 Å². The van der Waals surface area contributed by atoms with Crippen LogP contribution in [0.5, 0.6) is 0 Å². The van der Waals surface area contributed by atoms with Gasteiger partial charge in [0.05, 0.1) is 0 Å². The van der Waals surface area contributed by atoms with Gasteiger partial charge in [-0.05, 0) is 37.3 Å². The van der Waals surface area contributed by atoms with Crippen LogP contribution in [0.1, 0.15) is 18.4 Å². The molecule has 0 fully saturated rings. The van der Waals surface area contributed by atoms with E-state index in [4.69, 9.17) is 5.11 Å². The van der Waals surface area contributed by atoms with Gasteiger partial charge in [0.2, 0.25) is 0 Å². The highest BCUT2D eigenvalue weighted by Gasteiger charge is 2.06. The Hall–Kier alpha value is -1.69. The number of thioether (sulfide) groups is 1. The zero-order chi connectivity index (χ0) is 14.3. The third kappa shape index (κ3) is 5.21. The van der Waals surface area contributed by atoms with Crippen LogP contribution < -0.4 is 10.6 Å². The van der Waals surface area contributed by atoms with Gasteiger partial charge in [0.25, 0.3) is 0 Å². The Labute approximate surface area is 116 Å². The molecule has 2 amide bonds. The van der Waals surface area contributed by atoms with Gasteiger partial charge in [0.15, 0.2) is 0 Å². The first-order valence-electron chi connectivity index (χ1n) is 5.95. The molecule has 0 saturated carbocycles. The van der Waals surface area contributed by atoms with Crippen molar-refractivity contribution in [3.8, 4) is 0 Å². The van der Waals surface area contributed by atoms with Gasteiger partial charge >= 0.3 is 12.0 Å². The summed E-state index contributed by atoms with van der Waals surface area (Å²) in [6.45, 7) is 2.30. The number of hydrogen-bond acceptors (Lipinski definition) is 3. The molecule has 0 atom stereocenters. The molecular formula is C13H18N2O3S. The predicted molar refractivity (Wildman–Crippen MR) is 76.9 cm³/mol. The standard InChI is InChI=1S/C13H18N2O3S/c1-9-10(5-3-6-11(9)19-2)15-13(18)14-8-4-7-12(16)17/h3,5-6H,4,7-8H2,1-2H3,(H,16,17)(H2,14,15,18). The van der Waals surface area contributed by atoms with E-state index in [-0.39, 0.29) is 12.5 Å². The predicted octanol–water partition coefficient (Wildman–Crippen LogP) is 2.70. The van der Waals surface area contributed by atoms with Gasteiger partial charge in [-0.3, -0.25) is 4.79 Å². The van der Waals surface area contributed by atoms with Crippen LogP contribution in [0, 0.1) is 6.92 Å². The quantitative estimate of drug-likeness (QED) is 0.553. The highest BCUT2D eigenvalue weighted by Crippen LogP contribution is 2.25. The number of nitrogens with one attached hydrogen (secondary N) is 2. The fourth-order valence-electron chi connectivity index (χ4n) is 1.58. The number of benzene rings is 1. The average Bonchev–Trinajstić information content (AvgIpc) is 2.37. The van der Waals surface area contributed by atoms with Crippen molar-refractivity contribution >= 4 is 29.4 Å². The fraction of sp³-hybridized carbons (Fsp3) is 0.385. The second-order valence-electron chi connectivity index (χ2n) is 4.01. The van der Waals surface area contributed by atoms with Gasteiger partial charge in [-0.2, -0.15) is 0 Å². The lowest BCUT2D eigenvalue weighted by atomic mass is 10.2. The summed E-state index contributed by atoms with van der Waals surface area (Å²) in [6, 6.07) is 5.41. The molecule has 0 radical (unpaired) electrons. The Morgan fingerprint density at radius 3 is 2.74 bits per heavy atom. The molecule has 1 rings (SSSR count). The number of rotatable bonds is 6. The van der Waals surface area contributed by atoms with Crippen molar-refractivity contribution in [3.63, 3.8) is 0 Å².